The molecule has 3 unspecified atom stereocenters. The highest BCUT2D eigenvalue weighted by Gasteiger charge is 2.60. The maximum absolute atomic E-state index is 6.68. The molecule has 0 radical (unpaired) electrons. The monoisotopic (exact) mass is 305 g/mol. The van der Waals surface area contributed by atoms with Crippen LogP contribution in [0.5, 0.6) is 0 Å². The number of rotatable bonds is 1. The zero-order chi connectivity index (χ0) is 16.1. The third-order valence-corrected chi connectivity index (χ3v) is 8.90. The average Bonchev–Trinajstić information content (AvgIpc) is 2.67. The molecular formula is C21H39N. The normalized spacial score (nSPS) is 55.9. The van der Waals surface area contributed by atoms with Crippen LogP contribution in [0, 0.1) is 40.4 Å². The summed E-state index contributed by atoms with van der Waals surface area (Å²) in [6, 6.07) is 0.423. The lowest BCUT2D eigenvalue weighted by Gasteiger charge is -2.64. The van der Waals surface area contributed by atoms with E-state index >= 15 is 0 Å². The molecule has 0 aromatic rings. The minimum absolute atomic E-state index is 0.423. The third kappa shape index (κ3) is 2.29. The first kappa shape index (κ1) is 16.8. The molecule has 0 aromatic carbocycles. The molecule has 0 aliphatic heterocycles. The summed E-state index contributed by atoms with van der Waals surface area (Å²) in [5, 5.41) is 0. The van der Waals surface area contributed by atoms with Crippen LogP contribution in [0.3, 0.4) is 0 Å². The van der Waals surface area contributed by atoms with E-state index in [0.717, 1.165) is 23.7 Å². The summed E-state index contributed by atoms with van der Waals surface area (Å²) in [6.07, 6.45) is 11.4. The molecule has 3 rings (SSSR count). The second kappa shape index (κ2) is 5.80. The Labute approximate surface area is 138 Å². The van der Waals surface area contributed by atoms with Crippen molar-refractivity contribution in [3.05, 3.63) is 0 Å². The van der Waals surface area contributed by atoms with Crippen LogP contribution in [0.25, 0.3) is 0 Å². The van der Waals surface area contributed by atoms with Gasteiger partial charge in [0.2, 0.25) is 0 Å². The summed E-state index contributed by atoms with van der Waals surface area (Å²) in [4.78, 5) is 0. The Morgan fingerprint density at radius 2 is 1.77 bits per heavy atom. The van der Waals surface area contributed by atoms with Crippen LogP contribution >= 0.6 is 0 Å². The fourth-order valence-corrected chi connectivity index (χ4v) is 7.38. The first-order valence-corrected chi connectivity index (χ1v) is 10.1. The molecule has 8 atom stereocenters. The van der Waals surface area contributed by atoms with Crippen LogP contribution in [0.1, 0.15) is 86.0 Å². The lowest BCUT2D eigenvalue weighted by atomic mass is 9.41. The molecule has 128 valence electrons. The number of nitrogens with two attached hydrogens (primary N) is 1. The lowest BCUT2D eigenvalue weighted by molar-refractivity contribution is -0.151. The van der Waals surface area contributed by atoms with Gasteiger partial charge in [-0.25, -0.2) is 0 Å². The molecule has 0 saturated heterocycles. The maximum atomic E-state index is 6.68. The predicted molar refractivity (Wildman–Crippen MR) is 95.6 cm³/mol. The lowest BCUT2D eigenvalue weighted by Crippen LogP contribution is -2.60. The molecule has 3 aliphatic carbocycles. The van der Waals surface area contributed by atoms with Crippen LogP contribution in [0.2, 0.25) is 0 Å². The zero-order valence-corrected chi connectivity index (χ0v) is 15.7. The molecule has 1 nitrogen and oxygen atoms in total. The molecule has 0 spiro atoms. The van der Waals surface area contributed by atoms with Crippen LogP contribution in [0.4, 0.5) is 0 Å². The molecule has 0 bridgehead atoms. The van der Waals surface area contributed by atoms with Crippen molar-refractivity contribution < 1.29 is 0 Å². The van der Waals surface area contributed by atoms with E-state index in [9.17, 15) is 0 Å². The molecule has 1 heteroatoms. The van der Waals surface area contributed by atoms with Crippen LogP contribution in [-0.4, -0.2) is 6.04 Å². The molecule has 0 amide bonds. The van der Waals surface area contributed by atoms with Gasteiger partial charge in [0.05, 0.1) is 0 Å². The Hall–Kier alpha value is -0.0400. The number of hydrogen-bond donors (Lipinski definition) is 1. The summed E-state index contributed by atoms with van der Waals surface area (Å²) < 4.78 is 0. The van der Waals surface area contributed by atoms with Gasteiger partial charge in [-0.15, -0.1) is 0 Å². The molecule has 3 saturated carbocycles. The van der Waals surface area contributed by atoms with Gasteiger partial charge in [-0.3, -0.25) is 0 Å². The van der Waals surface area contributed by atoms with Crippen molar-refractivity contribution in [1.82, 2.24) is 0 Å². The van der Waals surface area contributed by atoms with Gasteiger partial charge < -0.3 is 5.73 Å². The first-order chi connectivity index (χ1) is 10.3. The quantitative estimate of drug-likeness (QED) is 0.667. The highest BCUT2D eigenvalue weighted by molar-refractivity contribution is 5.10. The van der Waals surface area contributed by atoms with Gasteiger partial charge in [-0.05, 0) is 66.1 Å². The van der Waals surface area contributed by atoms with Crippen molar-refractivity contribution in [2.24, 2.45) is 46.2 Å². The maximum Gasteiger partial charge on any atom is 0.00726 e. The highest BCUT2D eigenvalue weighted by atomic mass is 14.7. The first-order valence-electron chi connectivity index (χ1n) is 10.1. The van der Waals surface area contributed by atoms with E-state index in [1.54, 1.807) is 0 Å². The average molecular weight is 306 g/mol. The van der Waals surface area contributed by atoms with Crippen LogP contribution < -0.4 is 5.73 Å². The topological polar surface area (TPSA) is 26.0 Å². The Bertz CT molecular complexity index is 405. The zero-order valence-electron chi connectivity index (χ0n) is 15.7. The number of hydrogen-bond acceptors (Lipinski definition) is 1. The standard InChI is InChI=1S/C21H39N/c1-6-16-15(3)18(22)13-21(5)17(16)12-14(2)20(4)11-9-7-8-10-19(20)21/h14-19H,6-13,22H2,1-5H3/t14?,15-,16-,17?,18?,19+,20+,21+/m1/s1. The van der Waals surface area contributed by atoms with Crippen molar-refractivity contribution in [2.75, 3.05) is 0 Å². The molecule has 2 N–H and O–H groups in total. The Kier molecular flexibility index (Phi) is 4.43. The van der Waals surface area contributed by atoms with Gasteiger partial charge in [0.1, 0.15) is 0 Å². The summed E-state index contributed by atoms with van der Waals surface area (Å²) >= 11 is 0. The smallest absolute Gasteiger partial charge is 0.00726 e. The minimum Gasteiger partial charge on any atom is -0.327 e. The van der Waals surface area contributed by atoms with E-state index < -0.39 is 0 Å². The van der Waals surface area contributed by atoms with Crippen molar-refractivity contribution in [3.63, 3.8) is 0 Å². The molecule has 3 fully saturated rings. The second-order valence-electron chi connectivity index (χ2n) is 9.71. The van der Waals surface area contributed by atoms with Crippen molar-refractivity contribution in [3.8, 4) is 0 Å². The summed E-state index contributed by atoms with van der Waals surface area (Å²) in [7, 11) is 0. The summed E-state index contributed by atoms with van der Waals surface area (Å²) in [6.45, 7) is 12.7. The van der Waals surface area contributed by atoms with Crippen LogP contribution in [0.15, 0.2) is 0 Å². The van der Waals surface area contributed by atoms with Gasteiger partial charge >= 0.3 is 0 Å². The van der Waals surface area contributed by atoms with Gasteiger partial charge in [0.25, 0.3) is 0 Å². The molecule has 0 heterocycles. The Balaban J connectivity index is 2.01. The fraction of sp³-hybridized carbons (Fsp3) is 1.00. The van der Waals surface area contributed by atoms with Crippen molar-refractivity contribution >= 4 is 0 Å². The van der Waals surface area contributed by atoms with Gasteiger partial charge in [-0.1, -0.05) is 60.3 Å². The van der Waals surface area contributed by atoms with E-state index in [1.807, 2.05) is 0 Å². The largest absolute Gasteiger partial charge is 0.327 e. The fourth-order valence-electron chi connectivity index (χ4n) is 7.38. The van der Waals surface area contributed by atoms with E-state index in [4.69, 9.17) is 5.73 Å². The summed E-state index contributed by atoms with van der Waals surface area (Å²) in [5.41, 5.74) is 7.74. The van der Waals surface area contributed by atoms with E-state index in [1.165, 1.54) is 51.4 Å². The molecule has 3 aliphatic rings. The molecule has 0 aromatic heterocycles. The molecule has 22 heavy (non-hydrogen) atoms. The summed E-state index contributed by atoms with van der Waals surface area (Å²) in [5.74, 6) is 4.28. The van der Waals surface area contributed by atoms with Gasteiger partial charge in [-0.2, -0.15) is 0 Å². The minimum atomic E-state index is 0.423. The van der Waals surface area contributed by atoms with Crippen molar-refractivity contribution in [2.45, 2.75) is 92.0 Å². The van der Waals surface area contributed by atoms with Crippen LogP contribution in [-0.2, 0) is 0 Å². The van der Waals surface area contributed by atoms with Gasteiger partial charge in [0.15, 0.2) is 0 Å². The third-order valence-electron chi connectivity index (χ3n) is 8.90. The highest BCUT2D eigenvalue weighted by Crippen LogP contribution is 2.66. The van der Waals surface area contributed by atoms with Crippen molar-refractivity contribution in [1.29, 1.82) is 0 Å². The van der Waals surface area contributed by atoms with E-state index in [2.05, 4.69) is 34.6 Å². The SMILES string of the molecule is CC[C@H]1C2CC(C)[C@]3(C)CCCCC[C@@H]3[C@@]2(C)CC(N)[C@@H]1C. The van der Waals surface area contributed by atoms with E-state index in [0.29, 0.717) is 22.8 Å². The Morgan fingerprint density at radius 1 is 1.05 bits per heavy atom. The van der Waals surface area contributed by atoms with Gasteiger partial charge in [0, 0.05) is 6.04 Å². The predicted octanol–water partition coefficient (Wildman–Crippen LogP) is 5.63. The second-order valence-corrected chi connectivity index (χ2v) is 9.71. The number of fused-ring (bicyclic) bond motifs is 3. The van der Waals surface area contributed by atoms with E-state index in [-0.39, 0.29) is 0 Å². The Morgan fingerprint density at radius 3 is 2.45 bits per heavy atom. The molecular weight excluding hydrogens is 266 g/mol.